The van der Waals surface area contributed by atoms with Crippen molar-refractivity contribution < 1.29 is 19.2 Å². The molecule has 0 fully saturated rings. The summed E-state index contributed by atoms with van der Waals surface area (Å²) in [6.45, 7) is 6.55. The summed E-state index contributed by atoms with van der Waals surface area (Å²) in [5, 5.41) is 11.6. The van der Waals surface area contributed by atoms with Gasteiger partial charge in [-0.25, -0.2) is 0 Å². The first kappa shape index (κ1) is 53.8. The van der Waals surface area contributed by atoms with Crippen LogP contribution in [-0.2, 0) is 19.2 Å². The van der Waals surface area contributed by atoms with Crippen LogP contribution in [0.4, 0.5) is 0 Å². The number of hydrogen-bond donors (Lipinski definition) is 7. The van der Waals surface area contributed by atoms with E-state index in [4.69, 9.17) is 17.2 Å². The van der Waals surface area contributed by atoms with Gasteiger partial charge in [-0.1, -0.05) is 168 Å². The van der Waals surface area contributed by atoms with Crippen molar-refractivity contribution in [1.82, 2.24) is 21.3 Å². The van der Waals surface area contributed by atoms with E-state index in [-0.39, 0.29) is 30.8 Å². The van der Waals surface area contributed by atoms with Crippen LogP contribution in [0.1, 0.15) is 213 Å². The molecule has 0 aliphatic carbocycles. The van der Waals surface area contributed by atoms with Crippen LogP contribution in [0, 0.1) is 5.92 Å². The average Bonchev–Trinajstić information content (AvgIpc) is 3.19. The molecule has 0 bridgehead atoms. The molecule has 0 aliphatic heterocycles. The fraction of sp³-hybridized carbons (Fsp3) is 0.911. The summed E-state index contributed by atoms with van der Waals surface area (Å²) in [6.07, 6.45) is 33.9. The molecule has 0 spiro atoms. The van der Waals surface area contributed by atoms with Gasteiger partial charge in [0.2, 0.25) is 23.6 Å². The van der Waals surface area contributed by atoms with Crippen LogP contribution in [0.5, 0.6) is 0 Å². The van der Waals surface area contributed by atoms with Crippen LogP contribution in [0.15, 0.2) is 0 Å². The van der Waals surface area contributed by atoms with Crippen LogP contribution >= 0.6 is 0 Å². The molecule has 10 N–H and O–H groups in total. The zero-order chi connectivity index (χ0) is 41.3. The first-order chi connectivity index (χ1) is 27.3. The highest BCUT2D eigenvalue weighted by atomic mass is 16.2. The van der Waals surface area contributed by atoms with Crippen molar-refractivity contribution in [3.63, 3.8) is 0 Å². The van der Waals surface area contributed by atoms with Crippen LogP contribution in [0.2, 0.25) is 0 Å². The SMILES string of the molecule is CCCCCCCCCCCCCCNC(=O)[C@H](CCCCN)NC(=O)C(CCCCCCCCCCCCCC)C(=O)NCCNC(=O)[C@@H](N)CCCCN. The molecule has 0 aromatic rings. The number of amides is 4. The van der Waals surface area contributed by atoms with E-state index in [1.165, 1.54) is 116 Å². The van der Waals surface area contributed by atoms with E-state index in [2.05, 4.69) is 35.1 Å². The van der Waals surface area contributed by atoms with E-state index in [1.54, 1.807) is 0 Å². The lowest BCUT2D eigenvalue weighted by Crippen LogP contribution is -2.51. The van der Waals surface area contributed by atoms with Gasteiger partial charge >= 0.3 is 0 Å². The van der Waals surface area contributed by atoms with E-state index in [0.717, 1.165) is 57.8 Å². The Morgan fingerprint density at radius 1 is 0.393 bits per heavy atom. The number of carbonyl (C=O) groups is 4. The third-order valence-electron chi connectivity index (χ3n) is 10.9. The zero-order valence-electron chi connectivity index (χ0n) is 36.6. The Bertz CT molecular complexity index is 938. The molecule has 4 amide bonds. The molecule has 0 aromatic carbocycles. The molecule has 0 saturated carbocycles. The highest BCUT2D eigenvalue weighted by molar-refractivity contribution is 6.01. The molecule has 1 unspecified atom stereocenters. The summed E-state index contributed by atoms with van der Waals surface area (Å²) in [7, 11) is 0. The Morgan fingerprint density at radius 2 is 0.768 bits per heavy atom. The quantitative estimate of drug-likeness (QED) is 0.0242. The second-order valence-corrected chi connectivity index (χ2v) is 16.2. The van der Waals surface area contributed by atoms with Crippen molar-refractivity contribution >= 4 is 23.6 Å². The largest absolute Gasteiger partial charge is 0.354 e. The van der Waals surface area contributed by atoms with E-state index >= 15 is 0 Å². The van der Waals surface area contributed by atoms with E-state index < -0.39 is 23.9 Å². The Kier molecular flexibility index (Phi) is 39.3. The predicted molar refractivity (Wildman–Crippen MR) is 235 cm³/mol. The number of carbonyl (C=O) groups excluding carboxylic acids is 4. The lowest BCUT2D eigenvalue weighted by molar-refractivity contribution is -0.138. The summed E-state index contributed by atoms with van der Waals surface area (Å²) in [4.78, 5) is 52.9. The topological polar surface area (TPSA) is 194 Å². The smallest absolute Gasteiger partial charge is 0.242 e. The van der Waals surface area contributed by atoms with Crippen LogP contribution in [-0.4, -0.2) is 68.4 Å². The van der Waals surface area contributed by atoms with Gasteiger partial charge in [0, 0.05) is 19.6 Å². The molecule has 0 aromatic heterocycles. The third kappa shape index (κ3) is 32.8. The highest BCUT2D eigenvalue weighted by Crippen LogP contribution is 2.17. The van der Waals surface area contributed by atoms with Gasteiger partial charge in [-0.3, -0.25) is 19.2 Å². The van der Waals surface area contributed by atoms with Gasteiger partial charge < -0.3 is 38.5 Å². The molecule has 3 atom stereocenters. The van der Waals surface area contributed by atoms with Crippen LogP contribution in [0.3, 0.4) is 0 Å². The molecule has 56 heavy (non-hydrogen) atoms. The number of unbranched alkanes of at least 4 members (excludes halogenated alkanes) is 24. The normalized spacial score (nSPS) is 12.9. The molecule has 0 aliphatic rings. The third-order valence-corrected chi connectivity index (χ3v) is 10.9. The maximum atomic E-state index is 13.7. The first-order valence-corrected chi connectivity index (χ1v) is 23.6. The molecule has 0 saturated heterocycles. The Labute approximate surface area is 344 Å². The van der Waals surface area contributed by atoms with Crippen molar-refractivity contribution in [1.29, 1.82) is 0 Å². The zero-order valence-corrected chi connectivity index (χ0v) is 36.6. The van der Waals surface area contributed by atoms with Gasteiger partial charge in [0.25, 0.3) is 0 Å². The van der Waals surface area contributed by atoms with Gasteiger partial charge in [0.15, 0.2) is 0 Å². The Morgan fingerprint density at radius 3 is 1.23 bits per heavy atom. The van der Waals surface area contributed by atoms with Crippen molar-refractivity contribution in [3.8, 4) is 0 Å². The molecule has 330 valence electrons. The number of hydrogen-bond acceptors (Lipinski definition) is 7. The van der Waals surface area contributed by atoms with Crippen molar-refractivity contribution in [2.45, 2.75) is 225 Å². The number of nitrogens with two attached hydrogens (primary N) is 3. The highest BCUT2D eigenvalue weighted by Gasteiger charge is 2.30. The van der Waals surface area contributed by atoms with Gasteiger partial charge in [0.05, 0.1) is 6.04 Å². The van der Waals surface area contributed by atoms with Gasteiger partial charge in [-0.15, -0.1) is 0 Å². The van der Waals surface area contributed by atoms with Crippen molar-refractivity contribution in [3.05, 3.63) is 0 Å². The van der Waals surface area contributed by atoms with Gasteiger partial charge in [0.1, 0.15) is 12.0 Å². The summed E-state index contributed by atoms with van der Waals surface area (Å²) < 4.78 is 0. The van der Waals surface area contributed by atoms with Gasteiger partial charge in [-0.05, 0) is 58.0 Å². The second kappa shape index (κ2) is 40.9. The van der Waals surface area contributed by atoms with E-state index in [0.29, 0.717) is 45.3 Å². The number of nitrogens with one attached hydrogen (secondary N) is 4. The van der Waals surface area contributed by atoms with Crippen molar-refractivity contribution in [2.24, 2.45) is 23.1 Å². The van der Waals surface area contributed by atoms with Gasteiger partial charge in [-0.2, -0.15) is 0 Å². The van der Waals surface area contributed by atoms with Crippen LogP contribution in [0.25, 0.3) is 0 Å². The van der Waals surface area contributed by atoms with E-state index in [1.807, 2.05) is 0 Å². The standard InChI is InChI=1S/C45H91N7O4/c1-3-5-7-9-11-13-15-17-19-21-23-25-31-39(42(53)50-37-38-51-44(55)40(48)32-26-28-34-46)43(54)52-41(33-27-29-35-47)45(56)49-36-30-24-22-20-18-16-14-12-10-8-6-4-2/h39-41H,3-38,46-48H2,1-2H3,(H,49,56)(H,50,53)(H,51,55)(H,52,54)/t39?,40-,41-/m0/s1. The monoisotopic (exact) mass is 794 g/mol. The number of rotatable bonds is 42. The molecule has 0 radical (unpaired) electrons. The Balaban J connectivity index is 5.00. The molecule has 11 nitrogen and oxygen atoms in total. The molecular weight excluding hydrogens is 703 g/mol. The minimum Gasteiger partial charge on any atom is -0.354 e. The van der Waals surface area contributed by atoms with E-state index in [9.17, 15) is 19.2 Å². The summed E-state index contributed by atoms with van der Waals surface area (Å²) in [5.74, 6) is -2.20. The fourth-order valence-corrected chi connectivity index (χ4v) is 7.17. The van der Waals surface area contributed by atoms with Crippen molar-refractivity contribution in [2.75, 3.05) is 32.7 Å². The molecule has 11 heteroatoms. The maximum Gasteiger partial charge on any atom is 0.242 e. The minimum absolute atomic E-state index is 0.182. The predicted octanol–water partition coefficient (Wildman–Crippen LogP) is 7.81. The molecular formula is C45H91N7O4. The summed E-state index contributed by atoms with van der Waals surface area (Å²) in [5.41, 5.74) is 17.3. The molecule has 0 rings (SSSR count). The fourth-order valence-electron chi connectivity index (χ4n) is 7.17. The lowest BCUT2D eigenvalue weighted by atomic mass is 9.97. The van der Waals surface area contributed by atoms with Crippen LogP contribution < -0.4 is 38.5 Å². The average molecular weight is 794 g/mol. The second-order valence-electron chi connectivity index (χ2n) is 16.2. The molecule has 0 heterocycles. The Hall–Kier alpha value is -2.24. The minimum atomic E-state index is -0.923. The first-order valence-electron chi connectivity index (χ1n) is 23.6. The summed E-state index contributed by atoms with van der Waals surface area (Å²) >= 11 is 0. The maximum absolute atomic E-state index is 13.7. The lowest BCUT2D eigenvalue weighted by Gasteiger charge is -2.22. The summed E-state index contributed by atoms with van der Waals surface area (Å²) in [6, 6.07) is -1.34.